The van der Waals surface area contributed by atoms with Crippen LogP contribution < -0.4 is 0 Å². The highest BCUT2D eigenvalue weighted by atomic mass is 16.4. The van der Waals surface area contributed by atoms with Gasteiger partial charge >= 0.3 is 11.9 Å². The predicted molar refractivity (Wildman–Crippen MR) is 52.0 cm³/mol. The average molecular weight is 200 g/mol. The molecule has 0 spiro atoms. The molecule has 0 aromatic heterocycles. The number of rotatable bonds is 3. The molecule has 2 N–H and O–H groups in total. The number of carboxylic acids is 2. The van der Waals surface area contributed by atoms with Crippen LogP contribution in [0.3, 0.4) is 0 Å². The average Bonchev–Trinajstić information content (AvgIpc) is 1.95. The minimum Gasteiger partial charge on any atom is -0.478 e. The zero-order chi connectivity index (χ0) is 11.5. The number of carboxylic acid groups (broad SMARTS) is 2. The number of aliphatic carboxylic acids is 2. The Labute approximate surface area is 83.2 Å². The molecular formula is C10H16O4. The van der Waals surface area contributed by atoms with Gasteiger partial charge in [-0.1, -0.05) is 27.7 Å². The van der Waals surface area contributed by atoms with E-state index in [1.165, 1.54) is 0 Å². The van der Waals surface area contributed by atoms with E-state index in [4.69, 9.17) is 10.2 Å². The van der Waals surface area contributed by atoms with Crippen molar-refractivity contribution >= 4 is 11.9 Å². The summed E-state index contributed by atoms with van der Waals surface area (Å²) in [7, 11) is 0. The summed E-state index contributed by atoms with van der Waals surface area (Å²) in [6.45, 7) is 6.71. The van der Waals surface area contributed by atoms with Gasteiger partial charge in [0.2, 0.25) is 0 Å². The van der Waals surface area contributed by atoms with Crippen LogP contribution in [-0.4, -0.2) is 22.2 Å². The molecule has 0 saturated heterocycles. The Kier molecular flexibility index (Phi) is 3.86. The number of hydrogen-bond donors (Lipinski definition) is 2. The fourth-order valence-electron chi connectivity index (χ4n) is 1.34. The highest BCUT2D eigenvalue weighted by Gasteiger charge is 2.29. The molecule has 0 amide bonds. The third-order valence-electron chi connectivity index (χ3n) is 1.88. The maximum atomic E-state index is 10.9. The number of carbonyl (C=O) groups is 2. The van der Waals surface area contributed by atoms with E-state index in [9.17, 15) is 9.59 Å². The first kappa shape index (κ1) is 12.7. The van der Waals surface area contributed by atoms with Gasteiger partial charge < -0.3 is 10.2 Å². The summed E-state index contributed by atoms with van der Waals surface area (Å²) in [6.07, 6.45) is 0.217. The standard InChI is InChI=1S/C10H16O4/c1-5-6(8(11)12)7(9(13)14)10(2,3)4/h5H2,1-4H3,(H,11,12)(H,13,14)/b7-6+. The highest BCUT2D eigenvalue weighted by Crippen LogP contribution is 2.29. The second-order valence-corrected chi connectivity index (χ2v) is 4.07. The first-order valence-electron chi connectivity index (χ1n) is 4.42. The zero-order valence-corrected chi connectivity index (χ0v) is 8.92. The first-order chi connectivity index (χ1) is 6.21. The minimum absolute atomic E-state index is 0.0208. The van der Waals surface area contributed by atoms with Gasteiger partial charge in [0.25, 0.3) is 0 Å². The summed E-state index contributed by atoms with van der Waals surface area (Å²) in [6, 6.07) is 0. The molecule has 0 aliphatic carbocycles. The molecular weight excluding hydrogens is 184 g/mol. The maximum Gasteiger partial charge on any atom is 0.332 e. The fraction of sp³-hybridized carbons (Fsp3) is 0.600. The second-order valence-electron chi connectivity index (χ2n) is 4.07. The van der Waals surface area contributed by atoms with E-state index in [2.05, 4.69) is 0 Å². The second kappa shape index (κ2) is 4.26. The van der Waals surface area contributed by atoms with Gasteiger partial charge in [-0.05, 0) is 11.8 Å². The lowest BCUT2D eigenvalue weighted by molar-refractivity contribution is -0.136. The third kappa shape index (κ3) is 2.87. The van der Waals surface area contributed by atoms with Crippen LogP contribution >= 0.6 is 0 Å². The van der Waals surface area contributed by atoms with Crippen molar-refractivity contribution in [3.8, 4) is 0 Å². The molecule has 0 atom stereocenters. The number of hydrogen-bond acceptors (Lipinski definition) is 2. The molecule has 0 rings (SSSR count). The van der Waals surface area contributed by atoms with Gasteiger partial charge in [-0.3, -0.25) is 0 Å². The van der Waals surface area contributed by atoms with Crippen LogP contribution in [0.25, 0.3) is 0 Å². The van der Waals surface area contributed by atoms with Gasteiger partial charge in [0.15, 0.2) is 0 Å². The van der Waals surface area contributed by atoms with E-state index in [-0.39, 0.29) is 17.6 Å². The molecule has 0 unspecified atom stereocenters. The third-order valence-corrected chi connectivity index (χ3v) is 1.88. The molecule has 0 aliphatic heterocycles. The van der Waals surface area contributed by atoms with E-state index >= 15 is 0 Å². The van der Waals surface area contributed by atoms with Crippen molar-refractivity contribution in [2.24, 2.45) is 5.41 Å². The minimum atomic E-state index is -1.16. The zero-order valence-electron chi connectivity index (χ0n) is 8.92. The molecule has 80 valence electrons. The molecule has 0 aromatic carbocycles. The van der Waals surface area contributed by atoms with Crippen LogP contribution in [0, 0.1) is 5.41 Å². The lowest BCUT2D eigenvalue weighted by atomic mass is 9.82. The Bertz CT molecular complexity index is 281. The van der Waals surface area contributed by atoms with Crippen molar-refractivity contribution in [1.29, 1.82) is 0 Å². The lowest BCUT2D eigenvalue weighted by Gasteiger charge is -2.21. The predicted octanol–water partition coefficient (Wildman–Crippen LogP) is 1.91. The summed E-state index contributed by atoms with van der Waals surface area (Å²) in [5.74, 6) is -2.31. The van der Waals surface area contributed by atoms with Crippen LogP contribution in [0.1, 0.15) is 34.1 Å². The van der Waals surface area contributed by atoms with Crippen LogP contribution in [0.5, 0.6) is 0 Å². The molecule has 14 heavy (non-hydrogen) atoms. The normalized spacial score (nSPS) is 13.4. The van der Waals surface area contributed by atoms with E-state index < -0.39 is 17.4 Å². The Morgan fingerprint density at radius 3 is 1.57 bits per heavy atom. The van der Waals surface area contributed by atoms with Gasteiger partial charge in [0.1, 0.15) is 0 Å². The van der Waals surface area contributed by atoms with E-state index in [1.54, 1.807) is 27.7 Å². The quantitative estimate of drug-likeness (QED) is 0.682. The van der Waals surface area contributed by atoms with Crippen molar-refractivity contribution in [2.45, 2.75) is 34.1 Å². The Hall–Kier alpha value is -1.32. The fourth-order valence-corrected chi connectivity index (χ4v) is 1.34. The van der Waals surface area contributed by atoms with Crippen LogP contribution in [0.2, 0.25) is 0 Å². The van der Waals surface area contributed by atoms with Crippen molar-refractivity contribution < 1.29 is 19.8 Å². The molecule has 4 heteroatoms. The van der Waals surface area contributed by atoms with E-state index in [1.807, 2.05) is 0 Å². The molecule has 0 radical (unpaired) electrons. The topological polar surface area (TPSA) is 74.6 Å². The molecule has 0 aliphatic rings. The largest absolute Gasteiger partial charge is 0.478 e. The molecule has 4 nitrogen and oxygen atoms in total. The van der Waals surface area contributed by atoms with Gasteiger partial charge in [-0.15, -0.1) is 0 Å². The van der Waals surface area contributed by atoms with Crippen molar-refractivity contribution in [3.05, 3.63) is 11.1 Å². The Balaban J connectivity index is 5.57. The molecule has 0 saturated carbocycles. The Morgan fingerprint density at radius 1 is 1.07 bits per heavy atom. The summed E-state index contributed by atoms with van der Waals surface area (Å²) < 4.78 is 0. The van der Waals surface area contributed by atoms with Crippen LogP contribution in [0.4, 0.5) is 0 Å². The molecule has 0 aromatic rings. The van der Waals surface area contributed by atoms with E-state index in [0.29, 0.717) is 0 Å². The Morgan fingerprint density at radius 2 is 1.50 bits per heavy atom. The van der Waals surface area contributed by atoms with Gasteiger partial charge in [-0.2, -0.15) is 0 Å². The molecule has 0 bridgehead atoms. The van der Waals surface area contributed by atoms with Crippen molar-refractivity contribution in [3.63, 3.8) is 0 Å². The van der Waals surface area contributed by atoms with Gasteiger partial charge in [-0.25, -0.2) is 9.59 Å². The van der Waals surface area contributed by atoms with Crippen molar-refractivity contribution in [2.75, 3.05) is 0 Å². The lowest BCUT2D eigenvalue weighted by Crippen LogP contribution is -2.22. The highest BCUT2D eigenvalue weighted by molar-refractivity contribution is 5.99. The summed E-state index contributed by atoms with van der Waals surface area (Å²) in [5.41, 5.74) is -0.701. The van der Waals surface area contributed by atoms with Crippen LogP contribution in [-0.2, 0) is 9.59 Å². The maximum absolute atomic E-state index is 10.9. The smallest absolute Gasteiger partial charge is 0.332 e. The SMILES string of the molecule is CC/C(C(=O)O)=C(/C(=O)O)C(C)(C)C. The van der Waals surface area contributed by atoms with Gasteiger partial charge in [0, 0.05) is 5.57 Å². The molecule has 0 heterocycles. The summed E-state index contributed by atoms with van der Waals surface area (Å²) in [5, 5.41) is 17.8. The van der Waals surface area contributed by atoms with Crippen LogP contribution in [0.15, 0.2) is 11.1 Å². The summed E-state index contributed by atoms with van der Waals surface area (Å²) >= 11 is 0. The molecule has 0 fully saturated rings. The van der Waals surface area contributed by atoms with Crippen molar-refractivity contribution in [1.82, 2.24) is 0 Å². The summed E-state index contributed by atoms with van der Waals surface area (Å²) in [4.78, 5) is 21.7. The van der Waals surface area contributed by atoms with Gasteiger partial charge in [0.05, 0.1) is 5.57 Å². The van der Waals surface area contributed by atoms with E-state index in [0.717, 1.165) is 0 Å². The monoisotopic (exact) mass is 200 g/mol. The first-order valence-corrected chi connectivity index (χ1v) is 4.42.